The maximum Gasteiger partial charge on any atom is 0.243 e. The minimum absolute atomic E-state index is 0.000420. The van der Waals surface area contributed by atoms with Crippen LogP contribution in [-0.2, 0) is 9.59 Å². The fourth-order valence-electron chi connectivity index (χ4n) is 3.00. The van der Waals surface area contributed by atoms with Crippen molar-refractivity contribution in [3.8, 4) is 0 Å². The van der Waals surface area contributed by atoms with Crippen LogP contribution in [0.2, 0.25) is 0 Å². The summed E-state index contributed by atoms with van der Waals surface area (Å²) in [4.78, 5) is 24.1. The van der Waals surface area contributed by atoms with Crippen LogP contribution in [0, 0.1) is 18.8 Å². The Morgan fingerprint density at radius 3 is 2.88 bits per heavy atom. The Bertz CT molecular complexity index is 586. The minimum atomic E-state index is -0.212. The summed E-state index contributed by atoms with van der Waals surface area (Å²) >= 11 is 3.39. The molecule has 5 nitrogen and oxygen atoms in total. The summed E-state index contributed by atoms with van der Waals surface area (Å²) in [5, 5.41) is 8.93. The standard InChI is InChI=1S/C18H26BrN3O2/c1-12-5-6-15(19)9-16(12)22-18(24)11-21-17(23)8-13(2)14-4-3-7-20-10-14/h5-6,9,13-14,20H,3-4,7-8,10-11H2,1-2H3,(H,21,23)(H,22,24). The van der Waals surface area contributed by atoms with Crippen molar-refractivity contribution in [2.24, 2.45) is 11.8 Å². The zero-order valence-corrected chi connectivity index (χ0v) is 15.9. The van der Waals surface area contributed by atoms with Crippen LogP contribution in [0.15, 0.2) is 22.7 Å². The Kier molecular flexibility index (Phi) is 7.24. The predicted molar refractivity (Wildman–Crippen MR) is 99.9 cm³/mol. The molecular weight excluding hydrogens is 370 g/mol. The number of benzene rings is 1. The molecule has 0 saturated carbocycles. The van der Waals surface area contributed by atoms with E-state index in [1.54, 1.807) is 0 Å². The summed E-state index contributed by atoms with van der Waals surface area (Å²) in [5.74, 6) is 0.599. The monoisotopic (exact) mass is 395 g/mol. The fourth-order valence-corrected chi connectivity index (χ4v) is 3.36. The third kappa shape index (κ3) is 5.91. The van der Waals surface area contributed by atoms with E-state index < -0.39 is 0 Å². The lowest BCUT2D eigenvalue weighted by Crippen LogP contribution is -2.37. The zero-order valence-electron chi connectivity index (χ0n) is 14.3. The molecule has 0 spiro atoms. The molecule has 24 heavy (non-hydrogen) atoms. The molecule has 0 bridgehead atoms. The van der Waals surface area contributed by atoms with E-state index in [0.29, 0.717) is 18.3 Å². The first kappa shape index (κ1) is 18.9. The van der Waals surface area contributed by atoms with Crippen LogP contribution in [0.25, 0.3) is 0 Å². The topological polar surface area (TPSA) is 70.2 Å². The van der Waals surface area contributed by atoms with Gasteiger partial charge in [0, 0.05) is 16.6 Å². The normalized spacial score (nSPS) is 18.7. The SMILES string of the molecule is Cc1ccc(Br)cc1NC(=O)CNC(=O)CC(C)C1CCCNC1. The number of carbonyl (C=O) groups is 2. The van der Waals surface area contributed by atoms with Crippen LogP contribution in [0.3, 0.4) is 0 Å². The van der Waals surface area contributed by atoms with Gasteiger partial charge in [0.1, 0.15) is 0 Å². The first-order valence-electron chi connectivity index (χ1n) is 8.49. The van der Waals surface area contributed by atoms with Crippen LogP contribution in [-0.4, -0.2) is 31.4 Å². The van der Waals surface area contributed by atoms with E-state index >= 15 is 0 Å². The largest absolute Gasteiger partial charge is 0.347 e. The van der Waals surface area contributed by atoms with Gasteiger partial charge >= 0.3 is 0 Å². The lowest BCUT2D eigenvalue weighted by molar-refractivity contribution is -0.125. The van der Waals surface area contributed by atoms with Crippen LogP contribution >= 0.6 is 15.9 Å². The molecule has 1 saturated heterocycles. The molecule has 1 aromatic carbocycles. The number of piperidine rings is 1. The van der Waals surface area contributed by atoms with Crippen molar-refractivity contribution >= 4 is 33.4 Å². The number of halogens is 1. The summed E-state index contributed by atoms with van der Waals surface area (Å²) in [6.07, 6.45) is 2.81. The Balaban J connectivity index is 1.74. The Morgan fingerprint density at radius 2 is 2.17 bits per heavy atom. The summed E-state index contributed by atoms with van der Waals surface area (Å²) in [7, 11) is 0. The van der Waals surface area contributed by atoms with Crippen LogP contribution < -0.4 is 16.0 Å². The Labute approximate surface area is 152 Å². The lowest BCUT2D eigenvalue weighted by atomic mass is 9.85. The van der Waals surface area contributed by atoms with Crippen molar-refractivity contribution < 1.29 is 9.59 Å². The molecule has 132 valence electrons. The van der Waals surface area contributed by atoms with E-state index in [9.17, 15) is 9.59 Å². The number of rotatable bonds is 6. The average Bonchev–Trinajstić information content (AvgIpc) is 2.57. The van der Waals surface area contributed by atoms with Crippen molar-refractivity contribution in [2.45, 2.75) is 33.1 Å². The van der Waals surface area contributed by atoms with Gasteiger partial charge in [-0.25, -0.2) is 0 Å². The van der Waals surface area contributed by atoms with E-state index in [0.717, 1.165) is 28.8 Å². The van der Waals surface area contributed by atoms with E-state index in [-0.39, 0.29) is 18.4 Å². The molecule has 1 aliphatic rings. The van der Waals surface area contributed by atoms with Crippen molar-refractivity contribution in [1.82, 2.24) is 10.6 Å². The Morgan fingerprint density at radius 1 is 1.38 bits per heavy atom. The maximum absolute atomic E-state index is 12.1. The van der Waals surface area contributed by atoms with Crippen molar-refractivity contribution in [2.75, 3.05) is 25.0 Å². The first-order chi connectivity index (χ1) is 11.5. The maximum atomic E-state index is 12.1. The second kappa shape index (κ2) is 9.18. The highest BCUT2D eigenvalue weighted by atomic mass is 79.9. The molecule has 2 amide bonds. The fraction of sp³-hybridized carbons (Fsp3) is 0.556. The van der Waals surface area contributed by atoms with Crippen LogP contribution in [0.5, 0.6) is 0 Å². The van der Waals surface area contributed by atoms with E-state index in [4.69, 9.17) is 0 Å². The number of anilines is 1. The third-order valence-electron chi connectivity index (χ3n) is 4.57. The number of hydrogen-bond donors (Lipinski definition) is 3. The third-order valence-corrected chi connectivity index (χ3v) is 5.06. The molecule has 1 aromatic rings. The molecule has 1 heterocycles. The van der Waals surface area contributed by atoms with Gasteiger partial charge in [-0.15, -0.1) is 0 Å². The van der Waals surface area contributed by atoms with E-state index in [2.05, 4.69) is 38.8 Å². The summed E-state index contributed by atoms with van der Waals surface area (Å²) in [6.45, 7) is 6.10. The molecule has 0 radical (unpaired) electrons. The van der Waals surface area contributed by atoms with Crippen molar-refractivity contribution in [3.63, 3.8) is 0 Å². The van der Waals surface area contributed by atoms with Gasteiger partial charge < -0.3 is 16.0 Å². The molecule has 2 rings (SSSR count). The molecule has 1 aliphatic heterocycles. The molecule has 1 fully saturated rings. The highest BCUT2D eigenvalue weighted by molar-refractivity contribution is 9.10. The lowest BCUT2D eigenvalue weighted by Gasteiger charge is -2.27. The summed E-state index contributed by atoms with van der Waals surface area (Å²) in [5.41, 5.74) is 1.74. The predicted octanol–water partition coefficient (Wildman–Crippen LogP) is 2.84. The second-order valence-corrected chi connectivity index (χ2v) is 7.49. The quantitative estimate of drug-likeness (QED) is 0.693. The average molecular weight is 396 g/mol. The van der Waals surface area contributed by atoms with Crippen molar-refractivity contribution in [3.05, 3.63) is 28.2 Å². The van der Waals surface area contributed by atoms with Gasteiger partial charge in [-0.2, -0.15) is 0 Å². The van der Waals surface area contributed by atoms with Gasteiger partial charge in [0.15, 0.2) is 0 Å². The zero-order chi connectivity index (χ0) is 17.5. The number of nitrogens with one attached hydrogen (secondary N) is 3. The highest BCUT2D eigenvalue weighted by Crippen LogP contribution is 2.22. The summed E-state index contributed by atoms with van der Waals surface area (Å²) in [6, 6.07) is 5.71. The number of hydrogen-bond acceptors (Lipinski definition) is 3. The van der Waals surface area contributed by atoms with Gasteiger partial charge in [-0.05, 0) is 62.4 Å². The number of aryl methyl sites for hydroxylation is 1. The van der Waals surface area contributed by atoms with Gasteiger partial charge in [-0.1, -0.05) is 28.9 Å². The van der Waals surface area contributed by atoms with Crippen molar-refractivity contribution in [1.29, 1.82) is 0 Å². The molecule has 2 unspecified atom stereocenters. The highest BCUT2D eigenvalue weighted by Gasteiger charge is 2.22. The minimum Gasteiger partial charge on any atom is -0.347 e. The van der Waals surface area contributed by atoms with Gasteiger partial charge in [0.2, 0.25) is 11.8 Å². The first-order valence-corrected chi connectivity index (χ1v) is 9.28. The number of amides is 2. The van der Waals surface area contributed by atoms with Gasteiger partial charge in [0.25, 0.3) is 0 Å². The second-order valence-electron chi connectivity index (χ2n) is 6.57. The Hall–Kier alpha value is -1.40. The van der Waals surface area contributed by atoms with Gasteiger partial charge in [0.05, 0.1) is 6.54 Å². The molecule has 6 heteroatoms. The van der Waals surface area contributed by atoms with E-state index in [1.165, 1.54) is 12.8 Å². The molecule has 0 aromatic heterocycles. The van der Waals surface area contributed by atoms with Gasteiger partial charge in [-0.3, -0.25) is 9.59 Å². The molecule has 2 atom stereocenters. The van der Waals surface area contributed by atoms with E-state index in [1.807, 2.05) is 25.1 Å². The van der Waals surface area contributed by atoms with Crippen LogP contribution in [0.1, 0.15) is 31.7 Å². The molecule has 3 N–H and O–H groups in total. The summed E-state index contributed by atoms with van der Waals surface area (Å²) < 4.78 is 0.905. The molecule has 0 aliphatic carbocycles. The van der Waals surface area contributed by atoms with Crippen LogP contribution in [0.4, 0.5) is 5.69 Å². The number of carbonyl (C=O) groups excluding carboxylic acids is 2. The molecular formula is C18H26BrN3O2. The smallest absolute Gasteiger partial charge is 0.243 e.